The third kappa shape index (κ3) is 5.98. The van der Waals surface area contributed by atoms with E-state index in [1.807, 2.05) is 0 Å². The number of ether oxygens (including phenoxy) is 3. The lowest BCUT2D eigenvalue weighted by Crippen LogP contribution is -2.24. The van der Waals surface area contributed by atoms with Gasteiger partial charge in [0.15, 0.2) is 13.2 Å². The third-order valence-corrected chi connectivity index (χ3v) is 3.87. The van der Waals surface area contributed by atoms with Crippen LogP contribution in [0.5, 0.6) is 11.5 Å². The van der Waals surface area contributed by atoms with Gasteiger partial charge in [-0.1, -0.05) is 34.8 Å². The average Bonchev–Trinajstić information content (AvgIpc) is 2.61. The van der Waals surface area contributed by atoms with Crippen LogP contribution >= 0.6 is 34.8 Å². The number of halogens is 3. The first-order valence-corrected chi connectivity index (χ1v) is 8.39. The summed E-state index contributed by atoms with van der Waals surface area (Å²) in [5, 5.41) is 3.13. The molecular weight excluding hydrogens is 405 g/mol. The number of hydrogen-bond donors (Lipinski definition) is 1. The first-order chi connectivity index (χ1) is 12.4. The number of rotatable bonds is 7. The van der Waals surface area contributed by atoms with Crippen molar-refractivity contribution in [3.8, 4) is 11.5 Å². The summed E-state index contributed by atoms with van der Waals surface area (Å²) in [6.45, 7) is -0.859. The van der Waals surface area contributed by atoms with Crippen molar-refractivity contribution in [2.75, 3.05) is 25.6 Å². The fourth-order valence-electron chi connectivity index (χ4n) is 1.84. The fraction of sp³-hybridized carbons (Fsp3) is 0.176. The molecule has 0 atom stereocenters. The average molecular weight is 419 g/mol. The molecule has 0 heterocycles. The van der Waals surface area contributed by atoms with Gasteiger partial charge in [0, 0.05) is 5.02 Å². The third-order valence-electron chi connectivity index (χ3n) is 3.05. The molecule has 2 rings (SSSR count). The molecule has 0 aliphatic carbocycles. The quantitative estimate of drug-likeness (QED) is 0.682. The topological polar surface area (TPSA) is 73.9 Å². The van der Waals surface area contributed by atoms with Crippen LogP contribution in [0, 0.1) is 0 Å². The molecule has 0 fully saturated rings. The maximum Gasteiger partial charge on any atom is 0.344 e. The van der Waals surface area contributed by atoms with Crippen molar-refractivity contribution in [2.45, 2.75) is 0 Å². The van der Waals surface area contributed by atoms with E-state index in [1.165, 1.54) is 12.1 Å². The monoisotopic (exact) mass is 417 g/mol. The smallest absolute Gasteiger partial charge is 0.344 e. The summed E-state index contributed by atoms with van der Waals surface area (Å²) >= 11 is 17.7. The summed E-state index contributed by atoms with van der Waals surface area (Å²) in [4.78, 5) is 23.5. The van der Waals surface area contributed by atoms with Gasteiger partial charge in [-0.25, -0.2) is 4.79 Å². The molecule has 0 saturated carbocycles. The van der Waals surface area contributed by atoms with Gasteiger partial charge in [0.1, 0.15) is 11.5 Å². The summed E-state index contributed by atoms with van der Waals surface area (Å²) < 4.78 is 15.1. The van der Waals surface area contributed by atoms with Crippen LogP contribution in [0.3, 0.4) is 0 Å². The minimum atomic E-state index is -0.704. The number of carbonyl (C=O) groups excluding carboxylic acids is 2. The van der Waals surface area contributed by atoms with Gasteiger partial charge < -0.3 is 19.5 Å². The molecule has 0 spiro atoms. The highest BCUT2D eigenvalue weighted by atomic mass is 35.5. The molecule has 0 radical (unpaired) electrons. The Bertz CT molecular complexity index is 772. The molecule has 6 nitrogen and oxygen atoms in total. The Kier molecular flexibility index (Phi) is 7.38. The molecule has 1 N–H and O–H groups in total. The zero-order valence-corrected chi connectivity index (χ0v) is 15.8. The second-order valence-corrected chi connectivity index (χ2v) is 6.17. The zero-order valence-electron chi connectivity index (χ0n) is 13.6. The molecule has 0 unspecified atom stereocenters. The molecule has 0 aliphatic heterocycles. The van der Waals surface area contributed by atoms with E-state index >= 15 is 0 Å². The van der Waals surface area contributed by atoms with Crippen LogP contribution in [-0.4, -0.2) is 32.2 Å². The predicted octanol–water partition coefficient (Wildman–Crippen LogP) is 4.22. The van der Waals surface area contributed by atoms with E-state index < -0.39 is 18.5 Å². The molecule has 2 aromatic carbocycles. The highest BCUT2D eigenvalue weighted by molar-refractivity contribution is 6.42. The number of esters is 1. The molecule has 0 bridgehead atoms. The van der Waals surface area contributed by atoms with Crippen LogP contribution in [0.15, 0.2) is 36.4 Å². The molecule has 26 heavy (non-hydrogen) atoms. The van der Waals surface area contributed by atoms with Gasteiger partial charge in [-0.3, -0.25) is 4.79 Å². The van der Waals surface area contributed by atoms with Crippen LogP contribution < -0.4 is 14.8 Å². The lowest BCUT2D eigenvalue weighted by atomic mass is 10.3. The van der Waals surface area contributed by atoms with Gasteiger partial charge in [0.25, 0.3) is 5.91 Å². The van der Waals surface area contributed by atoms with Crippen LogP contribution in [0.1, 0.15) is 0 Å². The van der Waals surface area contributed by atoms with Gasteiger partial charge in [0.2, 0.25) is 0 Å². The predicted molar refractivity (Wildman–Crippen MR) is 99.5 cm³/mol. The summed E-state index contributed by atoms with van der Waals surface area (Å²) in [5.41, 5.74) is 0.188. The second kappa shape index (κ2) is 9.52. The number of anilines is 1. The van der Waals surface area contributed by atoms with Crippen molar-refractivity contribution in [3.63, 3.8) is 0 Å². The largest absolute Gasteiger partial charge is 0.497 e. The van der Waals surface area contributed by atoms with Crippen molar-refractivity contribution in [1.29, 1.82) is 0 Å². The van der Waals surface area contributed by atoms with E-state index in [9.17, 15) is 9.59 Å². The Morgan fingerprint density at radius 2 is 1.54 bits per heavy atom. The van der Waals surface area contributed by atoms with Crippen molar-refractivity contribution in [1.82, 2.24) is 0 Å². The fourth-order valence-corrected chi connectivity index (χ4v) is 2.75. The summed E-state index contributed by atoms with van der Waals surface area (Å²) in [6.07, 6.45) is 0. The van der Waals surface area contributed by atoms with Gasteiger partial charge in [0.05, 0.1) is 22.8 Å². The molecule has 138 valence electrons. The zero-order chi connectivity index (χ0) is 19.1. The number of nitrogens with one attached hydrogen (secondary N) is 1. The Balaban J connectivity index is 1.78. The van der Waals surface area contributed by atoms with Gasteiger partial charge in [-0.15, -0.1) is 0 Å². The van der Waals surface area contributed by atoms with Gasteiger partial charge in [-0.05, 0) is 36.4 Å². The highest BCUT2D eigenvalue weighted by Gasteiger charge is 2.13. The summed E-state index contributed by atoms with van der Waals surface area (Å²) in [7, 11) is 1.54. The maximum absolute atomic E-state index is 11.9. The van der Waals surface area contributed by atoms with Crippen LogP contribution in [0.25, 0.3) is 0 Å². The molecule has 2 aromatic rings. The summed E-state index contributed by atoms with van der Waals surface area (Å²) in [5.74, 6) is -0.179. The van der Waals surface area contributed by atoms with E-state index in [4.69, 9.17) is 49.0 Å². The van der Waals surface area contributed by atoms with E-state index in [2.05, 4.69) is 5.32 Å². The second-order valence-electron chi connectivity index (χ2n) is 4.92. The van der Waals surface area contributed by atoms with E-state index in [0.717, 1.165) is 0 Å². The maximum atomic E-state index is 11.9. The molecule has 1 amide bonds. The van der Waals surface area contributed by atoms with E-state index in [1.54, 1.807) is 31.4 Å². The number of amides is 1. The molecule has 0 saturated heterocycles. The van der Waals surface area contributed by atoms with Gasteiger partial charge >= 0.3 is 5.97 Å². The first kappa shape index (κ1) is 20.2. The number of benzene rings is 2. The van der Waals surface area contributed by atoms with Crippen LogP contribution in [0.2, 0.25) is 15.1 Å². The van der Waals surface area contributed by atoms with Crippen molar-refractivity contribution in [2.24, 2.45) is 0 Å². The minimum absolute atomic E-state index is 0.171. The lowest BCUT2D eigenvalue weighted by Gasteiger charge is -2.10. The Morgan fingerprint density at radius 3 is 2.12 bits per heavy atom. The first-order valence-electron chi connectivity index (χ1n) is 7.26. The highest BCUT2D eigenvalue weighted by Crippen LogP contribution is 2.33. The Labute approximate surface area is 164 Å². The lowest BCUT2D eigenvalue weighted by molar-refractivity contribution is -0.149. The summed E-state index contributed by atoms with van der Waals surface area (Å²) in [6, 6.07) is 9.52. The van der Waals surface area contributed by atoms with Crippen molar-refractivity contribution >= 4 is 52.4 Å². The van der Waals surface area contributed by atoms with E-state index in [0.29, 0.717) is 16.5 Å². The van der Waals surface area contributed by atoms with Crippen molar-refractivity contribution in [3.05, 3.63) is 51.5 Å². The normalized spacial score (nSPS) is 10.2. The number of methoxy groups -OCH3 is 1. The minimum Gasteiger partial charge on any atom is -0.497 e. The number of carbonyl (C=O) groups is 2. The van der Waals surface area contributed by atoms with Crippen molar-refractivity contribution < 1.29 is 23.8 Å². The number of hydrogen-bond acceptors (Lipinski definition) is 5. The van der Waals surface area contributed by atoms with E-state index in [-0.39, 0.29) is 22.3 Å². The van der Waals surface area contributed by atoms with Crippen LogP contribution in [-0.2, 0) is 14.3 Å². The standard InChI is InChI=1S/C17H14Cl3NO5/c1-24-11-2-4-12(5-3-11)25-9-16(23)26-8-15(22)21-17-13(19)6-10(18)7-14(17)20/h2-7H,8-9H2,1H3,(H,21,22). The van der Waals surface area contributed by atoms with Gasteiger partial charge in [-0.2, -0.15) is 0 Å². The SMILES string of the molecule is COc1ccc(OCC(=O)OCC(=O)Nc2c(Cl)cc(Cl)cc2Cl)cc1. The molecule has 9 heteroatoms. The molecular formula is C17H14Cl3NO5. The Morgan fingerprint density at radius 1 is 0.962 bits per heavy atom. The molecule has 0 aromatic heterocycles. The van der Waals surface area contributed by atoms with Crippen LogP contribution in [0.4, 0.5) is 5.69 Å². The molecule has 0 aliphatic rings. The Hall–Kier alpha value is -2.15.